The van der Waals surface area contributed by atoms with Gasteiger partial charge in [-0.3, -0.25) is 4.90 Å². The molecule has 3 aliphatic rings. The molecule has 12 nitrogen and oxygen atoms in total. The zero-order chi connectivity index (χ0) is 34.1. The van der Waals surface area contributed by atoms with Gasteiger partial charge in [-0.05, 0) is 95.0 Å². The van der Waals surface area contributed by atoms with E-state index in [9.17, 15) is 8.42 Å². The summed E-state index contributed by atoms with van der Waals surface area (Å²) in [7, 11) is -1.81. The molecule has 2 unspecified atom stereocenters. The van der Waals surface area contributed by atoms with Crippen molar-refractivity contribution in [2.75, 3.05) is 69.7 Å². The molecule has 0 radical (unpaired) electrons. The van der Waals surface area contributed by atoms with Crippen LogP contribution in [0.1, 0.15) is 46.0 Å². The monoisotopic (exact) mass is 707 g/mol. The van der Waals surface area contributed by atoms with Gasteiger partial charge in [-0.15, -0.1) is 0 Å². The maximum absolute atomic E-state index is 13.1. The van der Waals surface area contributed by atoms with Crippen LogP contribution in [0.2, 0.25) is 0 Å². The minimum absolute atomic E-state index is 0.0320. The van der Waals surface area contributed by atoms with Crippen LogP contribution in [-0.2, 0) is 10.0 Å². The van der Waals surface area contributed by atoms with Crippen molar-refractivity contribution in [2.24, 2.45) is 0 Å². The molecular weight excluding hydrogens is 661 g/mol. The number of benzene rings is 2. The molecule has 2 aromatic heterocycles. The number of sulfonamides is 1. The first-order valence-corrected chi connectivity index (χ1v) is 19.3. The van der Waals surface area contributed by atoms with E-state index in [0.717, 1.165) is 91.2 Å². The largest absolute Gasteiger partial charge is 0.493 e. The van der Waals surface area contributed by atoms with Crippen molar-refractivity contribution in [3.05, 3.63) is 42.7 Å². The summed E-state index contributed by atoms with van der Waals surface area (Å²) in [5.74, 6) is 2.43. The first-order valence-electron chi connectivity index (χ1n) is 17.4. The highest BCUT2D eigenvalue weighted by Gasteiger charge is 2.33. The number of nitrogens with zero attached hydrogens (tertiary/aromatic N) is 5. The number of anilines is 2. The molecule has 3 N–H and O–H groups in total. The molecule has 14 heteroatoms. The number of methoxy groups -OCH3 is 1. The van der Waals surface area contributed by atoms with Crippen LogP contribution in [0.15, 0.2) is 47.6 Å². The van der Waals surface area contributed by atoms with Gasteiger partial charge in [-0.25, -0.2) is 13.4 Å². The highest BCUT2D eigenvalue weighted by atomic mass is 32.2. The number of aromatic amines is 2. The Bertz CT molecular complexity index is 1910. The molecule has 3 saturated heterocycles. The molecule has 262 valence electrons. The van der Waals surface area contributed by atoms with Crippen LogP contribution >= 0.6 is 12.2 Å². The molecule has 3 fully saturated rings. The number of rotatable bonds is 10. The fraction of sp³-hybridized carbons (Fsp3) is 0.514. The lowest BCUT2D eigenvalue weighted by Crippen LogP contribution is -2.51. The van der Waals surface area contributed by atoms with E-state index in [1.54, 1.807) is 42.0 Å². The van der Waals surface area contributed by atoms with Crippen LogP contribution in [0.25, 0.3) is 21.9 Å². The number of thiocarbonyl (C=S) groups is 1. The summed E-state index contributed by atoms with van der Waals surface area (Å²) in [6.45, 7) is 10.7. The van der Waals surface area contributed by atoms with Gasteiger partial charge in [0.1, 0.15) is 5.39 Å². The molecule has 2 aromatic carbocycles. The highest BCUT2D eigenvalue weighted by Crippen LogP contribution is 2.38. The van der Waals surface area contributed by atoms with Crippen molar-refractivity contribution in [2.45, 2.75) is 62.9 Å². The molecule has 0 spiro atoms. The molecule has 4 aromatic rings. The molecule has 7 rings (SSSR count). The second-order valence-corrected chi connectivity index (χ2v) is 15.7. The Kier molecular flexibility index (Phi) is 9.82. The Hall–Kier alpha value is -3.72. The first kappa shape index (κ1) is 33.8. The minimum atomic E-state index is -3.49. The SMILES string of the molecule is COc1cc2c(cc1OCCCN1CCCC1C)[nH]c1nc[nH+]c(N3CCN(C(=S)Nc4ccc(S(=O)(=O)N5CCCC5C)cc4)CC3)c12. The van der Waals surface area contributed by atoms with E-state index < -0.39 is 10.0 Å². The van der Waals surface area contributed by atoms with Crippen LogP contribution in [0.3, 0.4) is 0 Å². The fourth-order valence-corrected chi connectivity index (χ4v) is 9.50. The van der Waals surface area contributed by atoms with Crippen LogP contribution in [0.5, 0.6) is 11.5 Å². The first-order chi connectivity index (χ1) is 23.7. The zero-order valence-electron chi connectivity index (χ0n) is 28.6. The van der Waals surface area contributed by atoms with E-state index in [1.165, 1.54) is 19.4 Å². The number of ether oxygens (including phenoxy) is 2. The quantitative estimate of drug-likeness (QED) is 0.180. The number of fused-ring (bicyclic) bond motifs is 3. The van der Waals surface area contributed by atoms with E-state index >= 15 is 0 Å². The van der Waals surface area contributed by atoms with Gasteiger partial charge in [0.2, 0.25) is 27.8 Å². The maximum atomic E-state index is 13.1. The summed E-state index contributed by atoms with van der Waals surface area (Å²) in [6, 6.07) is 11.7. The second kappa shape index (κ2) is 14.3. The number of hydrogen-bond donors (Lipinski definition) is 2. The molecule has 3 aliphatic heterocycles. The Balaban J connectivity index is 0.993. The molecule has 49 heavy (non-hydrogen) atoms. The van der Waals surface area contributed by atoms with E-state index in [-0.39, 0.29) is 6.04 Å². The maximum Gasteiger partial charge on any atom is 0.243 e. The highest BCUT2D eigenvalue weighted by molar-refractivity contribution is 7.89. The van der Waals surface area contributed by atoms with E-state index in [0.29, 0.717) is 35.0 Å². The summed E-state index contributed by atoms with van der Waals surface area (Å²) >= 11 is 5.78. The van der Waals surface area contributed by atoms with E-state index in [2.05, 4.69) is 41.9 Å². The normalized spacial score (nSPS) is 20.8. The number of piperazine rings is 1. The minimum Gasteiger partial charge on any atom is -0.493 e. The van der Waals surface area contributed by atoms with Gasteiger partial charge in [0.05, 0.1) is 50.3 Å². The Morgan fingerprint density at radius 2 is 1.78 bits per heavy atom. The Morgan fingerprint density at radius 1 is 1.02 bits per heavy atom. The lowest BCUT2D eigenvalue weighted by atomic mass is 10.1. The standard InChI is InChI=1S/C35H46N8O4S2/c1-24-7-4-13-40(24)14-6-20-47-31-22-29-28(21-30(31)46-3)32-33(39-29)36-23-37-34(32)41-16-18-42(19-17-41)35(48)38-26-9-11-27(12-10-26)49(44,45)43-15-5-8-25(43)2/h9-12,21-25H,4-8,13-20H2,1-3H3,(H,38,48)(H,36,37,39)/p+1. The summed E-state index contributed by atoms with van der Waals surface area (Å²) in [5, 5.41) is 5.96. The van der Waals surface area contributed by atoms with Gasteiger partial charge < -0.3 is 29.6 Å². The molecule has 0 saturated carbocycles. The van der Waals surface area contributed by atoms with Gasteiger partial charge in [0.25, 0.3) is 0 Å². The van der Waals surface area contributed by atoms with Crippen LogP contribution < -0.4 is 24.7 Å². The van der Waals surface area contributed by atoms with E-state index in [4.69, 9.17) is 21.7 Å². The third-order valence-electron chi connectivity index (χ3n) is 10.3. The topological polar surface area (TPSA) is 120 Å². The lowest BCUT2D eigenvalue weighted by molar-refractivity contribution is -0.367. The van der Waals surface area contributed by atoms with E-state index in [1.807, 2.05) is 19.1 Å². The number of hydrogen-bond acceptors (Lipinski definition) is 8. The van der Waals surface area contributed by atoms with Crippen molar-refractivity contribution in [3.8, 4) is 11.5 Å². The van der Waals surface area contributed by atoms with Crippen molar-refractivity contribution in [3.63, 3.8) is 0 Å². The molecule has 2 atom stereocenters. The van der Waals surface area contributed by atoms with Crippen molar-refractivity contribution in [1.82, 2.24) is 24.1 Å². The van der Waals surface area contributed by atoms with Gasteiger partial charge >= 0.3 is 0 Å². The van der Waals surface area contributed by atoms with Gasteiger partial charge in [-0.2, -0.15) is 4.31 Å². The summed E-state index contributed by atoms with van der Waals surface area (Å²) in [6.07, 6.45) is 7.07. The van der Waals surface area contributed by atoms with Crippen molar-refractivity contribution in [1.29, 1.82) is 0 Å². The fourth-order valence-electron chi connectivity index (χ4n) is 7.50. The third kappa shape index (κ3) is 6.88. The predicted molar refractivity (Wildman–Crippen MR) is 196 cm³/mol. The number of nitrogens with one attached hydrogen (secondary N) is 3. The molecule has 5 heterocycles. The Labute approximate surface area is 293 Å². The average molecular weight is 708 g/mol. The molecule has 0 bridgehead atoms. The third-order valence-corrected chi connectivity index (χ3v) is 12.7. The average Bonchev–Trinajstić information content (AvgIpc) is 3.84. The van der Waals surface area contributed by atoms with Crippen LogP contribution in [0, 0.1) is 0 Å². The number of likely N-dealkylation sites (tertiary alicyclic amines) is 1. The van der Waals surface area contributed by atoms with Gasteiger partial charge in [0.15, 0.2) is 16.6 Å². The lowest BCUT2D eigenvalue weighted by Gasteiger charge is -2.34. The molecule has 0 aliphatic carbocycles. The predicted octanol–water partition coefficient (Wildman–Crippen LogP) is 4.48. The smallest absolute Gasteiger partial charge is 0.243 e. The van der Waals surface area contributed by atoms with Gasteiger partial charge in [0, 0.05) is 42.3 Å². The Morgan fingerprint density at radius 3 is 2.47 bits per heavy atom. The molecular formula is C35H47N8O4S2+. The zero-order valence-corrected chi connectivity index (χ0v) is 30.2. The van der Waals surface area contributed by atoms with Gasteiger partial charge in [-0.1, -0.05) is 4.98 Å². The van der Waals surface area contributed by atoms with Crippen molar-refractivity contribution >= 4 is 60.8 Å². The number of H-pyrrole nitrogens is 2. The summed E-state index contributed by atoms with van der Waals surface area (Å²) < 4.78 is 39.8. The second-order valence-electron chi connectivity index (χ2n) is 13.4. The van der Waals surface area contributed by atoms with Crippen LogP contribution in [0.4, 0.5) is 11.5 Å². The van der Waals surface area contributed by atoms with Crippen LogP contribution in [-0.4, -0.2) is 109 Å². The molecule has 0 amide bonds. The summed E-state index contributed by atoms with van der Waals surface area (Å²) in [4.78, 5) is 18.8. The van der Waals surface area contributed by atoms with Crippen molar-refractivity contribution < 1.29 is 22.9 Å². The number of aromatic nitrogens is 3. The summed E-state index contributed by atoms with van der Waals surface area (Å²) in [5.41, 5.74) is 2.52.